The smallest absolute Gasteiger partial charge is 0.0768 e. The average molecular weight is 301 g/mol. The number of nitrogens with zero attached hydrogens (tertiary/aromatic N) is 4. The molecule has 0 saturated carbocycles. The SMILES string of the molecule is COC[C@H](c1ccccn1)N(C)Cc1cc2n(n1)CCNC2. The Balaban J connectivity index is 1.73. The van der Waals surface area contributed by atoms with Gasteiger partial charge in [-0.1, -0.05) is 6.07 Å². The molecule has 3 heterocycles. The molecule has 6 heteroatoms. The number of rotatable bonds is 6. The molecular formula is C16H23N5O. The van der Waals surface area contributed by atoms with Crippen LogP contribution in [0.15, 0.2) is 30.5 Å². The fourth-order valence-electron chi connectivity index (χ4n) is 2.86. The molecule has 2 aromatic heterocycles. The minimum absolute atomic E-state index is 0.128. The van der Waals surface area contributed by atoms with E-state index in [4.69, 9.17) is 9.84 Å². The van der Waals surface area contributed by atoms with Crippen LogP contribution >= 0.6 is 0 Å². The summed E-state index contributed by atoms with van der Waals surface area (Å²) in [5.41, 5.74) is 3.38. The highest BCUT2D eigenvalue weighted by Gasteiger charge is 2.20. The van der Waals surface area contributed by atoms with Crippen LogP contribution in [0, 0.1) is 0 Å². The van der Waals surface area contributed by atoms with Crippen LogP contribution in [-0.2, 0) is 24.4 Å². The van der Waals surface area contributed by atoms with Crippen molar-refractivity contribution in [1.29, 1.82) is 0 Å². The molecule has 1 aliphatic heterocycles. The van der Waals surface area contributed by atoms with Crippen LogP contribution in [0.3, 0.4) is 0 Å². The molecule has 1 N–H and O–H groups in total. The molecule has 0 aliphatic carbocycles. The Kier molecular flexibility index (Phi) is 4.82. The molecule has 22 heavy (non-hydrogen) atoms. The van der Waals surface area contributed by atoms with Crippen LogP contribution in [-0.4, -0.2) is 47.0 Å². The van der Waals surface area contributed by atoms with Gasteiger partial charge in [0.1, 0.15) is 0 Å². The number of nitrogens with one attached hydrogen (secondary N) is 1. The van der Waals surface area contributed by atoms with Gasteiger partial charge in [0.15, 0.2) is 0 Å². The number of aromatic nitrogens is 3. The Morgan fingerprint density at radius 3 is 3.09 bits per heavy atom. The molecular weight excluding hydrogens is 278 g/mol. The molecule has 118 valence electrons. The molecule has 0 amide bonds. The Morgan fingerprint density at radius 1 is 1.45 bits per heavy atom. The Labute approximate surface area is 131 Å². The Bertz CT molecular complexity index is 574. The van der Waals surface area contributed by atoms with Crippen LogP contribution in [0.1, 0.15) is 23.1 Å². The first-order chi connectivity index (χ1) is 10.8. The lowest BCUT2D eigenvalue weighted by atomic mass is 10.1. The van der Waals surface area contributed by atoms with E-state index in [1.807, 2.05) is 24.4 Å². The highest BCUT2D eigenvalue weighted by Crippen LogP contribution is 2.20. The lowest BCUT2D eigenvalue weighted by Crippen LogP contribution is -2.29. The summed E-state index contributed by atoms with van der Waals surface area (Å²) in [6.07, 6.45) is 1.83. The molecule has 3 rings (SSSR count). The highest BCUT2D eigenvalue weighted by molar-refractivity contribution is 5.13. The van der Waals surface area contributed by atoms with Gasteiger partial charge in [0.2, 0.25) is 0 Å². The summed E-state index contributed by atoms with van der Waals surface area (Å²) in [6.45, 7) is 4.23. The van der Waals surface area contributed by atoms with Crippen LogP contribution in [0.5, 0.6) is 0 Å². The van der Waals surface area contributed by atoms with Crippen molar-refractivity contribution in [2.75, 3.05) is 27.3 Å². The first kappa shape index (κ1) is 15.1. The quantitative estimate of drug-likeness (QED) is 0.869. The summed E-state index contributed by atoms with van der Waals surface area (Å²) < 4.78 is 7.48. The minimum Gasteiger partial charge on any atom is -0.383 e. The molecule has 1 atom stereocenters. The third kappa shape index (κ3) is 3.35. The zero-order valence-corrected chi connectivity index (χ0v) is 13.2. The fraction of sp³-hybridized carbons (Fsp3) is 0.500. The van der Waals surface area contributed by atoms with Gasteiger partial charge in [-0.25, -0.2) is 0 Å². The second-order valence-electron chi connectivity index (χ2n) is 5.67. The predicted octanol–water partition coefficient (Wildman–Crippen LogP) is 1.20. The first-order valence-corrected chi connectivity index (χ1v) is 7.64. The van der Waals surface area contributed by atoms with Gasteiger partial charge in [0, 0.05) is 32.9 Å². The maximum atomic E-state index is 5.38. The van der Waals surface area contributed by atoms with Crippen molar-refractivity contribution in [3.8, 4) is 0 Å². The lowest BCUT2D eigenvalue weighted by molar-refractivity contribution is 0.0991. The van der Waals surface area contributed by atoms with Gasteiger partial charge in [-0.15, -0.1) is 0 Å². The monoisotopic (exact) mass is 301 g/mol. The topological polar surface area (TPSA) is 55.2 Å². The van der Waals surface area contributed by atoms with Gasteiger partial charge < -0.3 is 10.1 Å². The summed E-state index contributed by atoms with van der Waals surface area (Å²) in [4.78, 5) is 6.71. The van der Waals surface area contributed by atoms with Crippen molar-refractivity contribution in [3.63, 3.8) is 0 Å². The van der Waals surface area contributed by atoms with Crippen LogP contribution in [0.2, 0.25) is 0 Å². The zero-order chi connectivity index (χ0) is 15.4. The van der Waals surface area contributed by atoms with E-state index in [1.54, 1.807) is 7.11 Å². The van der Waals surface area contributed by atoms with Crippen LogP contribution in [0.4, 0.5) is 0 Å². The first-order valence-electron chi connectivity index (χ1n) is 7.64. The maximum absolute atomic E-state index is 5.38. The zero-order valence-electron chi connectivity index (χ0n) is 13.2. The normalized spacial score (nSPS) is 15.8. The summed E-state index contributed by atoms with van der Waals surface area (Å²) in [5.74, 6) is 0. The van der Waals surface area contributed by atoms with Crippen molar-refractivity contribution in [2.45, 2.75) is 25.7 Å². The van der Waals surface area contributed by atoms with Crippen molar-refractivity contribution >= 4 is 0 Å². The number of pyridine rings is 1. The molecule has 0 spiro atoms. The molecule has 0 unspecified atom stereocenters. The molecule has 0 bridgehead atoms. The largest absolute Gasteiger partial charge is 0.383 e. The van der Waals surface area contributed by atoms with E-state index in [1.165, 1.54) is 5.69 Å². The second kappa shape index (κ2) is 7.00. The maximum Gasteiger partial charge on any atom is 0.0768 e. The van der Waals surface area contributed by atoms with Gasteiger partial charge >= 0.3 is 0 Å². The highest BCUT2D eigenvalue weighted by atomic mass is 16.5. The number of ether oxygens (including phenoxy) is 1. The molecule has 0 aromatic carbocycles. The fourth-order valence-corrected chi connectivity index (χ4v) is 2.86. The van der Waals surface area contributed by atoms with E-state index in [2.05, 4.69) is 33.0 Å². The number of methoxy groups -OCH3 is 1. The number of likely N-dealkylation sites (N-methyl/N-ethyl adjacent to an activating group) is 1. The molecule has 0 saturated heterocycles. The number of hydrogen-bond acceptors (Lipinski definition) is 5. The Hall–Kier alpha value is -1.76. The average Bonchev–Trinajstić information content (AvgIpc) is 2.95. The van der Waals surface area contributed by atoms with Crippen LogP contribution in [0.25, 0.3) is 0 Å². The summed E-state index contributed by atoms with van der Waals surface area (Å²) in [5, 5.41) is 8.07. The summed E-state index contributed by atoms with van der Waals surface area (Å²) in [6, 6.07) is 8.31. The van der Waals surface area contributed by atoms with Crippen LogP contribution < -0.4 is 5.32 Å². The third-order valence-electron chi connectivity index (χ3n) is 4.02. The summed E-state index contributed by atoms with van der Waals surface area (Å²) >= 11 is 0. The number of hydrogen-bond donors (Lipinski definition) is 1. The Morgan fingerprint density at radius 2 is 2.36 bits per heavy atom. The van der Waals surface area contributed by atoms with E-state index in [9.17, 15) is 0 Å². The molecule has 2 aromatic rings. The third-order valence-corrected chi connectivity index (χ3v) is 4.02. The van der Waals surface area contributed by atoms with E-state index in [-0.39, 0.29) is 6.04 Å². The second-order valence-corrected chi connectivity index (χ2v) is 5.67. The van der Waals surface area contributed by atoms with Gasteiger partial charge in [0.05, 0.1) is 36.3 Å². The minimum atomic E-state index is 0.128. The summed E-state index contributed by atoms with van der Waals surface area (Å²) in [7, 11) is 3.82. The standard InChI is InChI=1S/C16H23N5O/c1-20(16(12-22-2)15-5-3-4-6-18-15)11-13-9-14-10-17-7-8-21(14)19-13/h3-6,9,16-17H,7-8,10-12H2,1-2H3/t16-/m1/s1. The van der Waals surface area contributed by atoms with Crippen molar-refractivity contribution < 1.29 is 4.74 Å². The molecule has 1 aliphatic rings. The van der Waals surface area contributed by atoms with Crippen molar-refractivity contribution in [3.05, 3.63) is 47.5 Å². The van der Waals surface area contributed by atoms with Crippen molar-refractivity contribution in [1.82, 2.24) is 25.0 Å². The van der Waals surface area contributed by atoms with Gasteiger partial charge in [-0.2, -0.15) is 5.10 Å². The number of fused-ring (bicyclic) bond motifs is 1. The predicted molar refractivity (Wildman–Crippen MR) is 84.3 cm³/mol. The molecule has 6 nitrogen and oxygen atoms in total. The van der Waals surface area contributed by atoms with E-state index in [0.29, 0.717) is 6.61 Å². The van der Waals surface area contributed by atoms with Crippen molar-refractivity contribution in [2.24, 2.45) is 0 Å². The lowest BCUT2D eigenvalue weighted by Gasteiger charge is -2.26. The van der Waals surface area contributed by atoms with Gasteiger partial charge in [0.25, 0.3) is 0 Å². The molecule has 0 radical (unpaired) electrons. The van der Waals surface area contributed by atoms with E-state index in [0.717, 1.165) is 37.6 Å². The van der Waals surface area contributed by atoms with Gasteiger partial charge in [-0.05, 0) is 25.2 Å². The molecule has 0 fully saturated rings. The van der Waals surface area contributed by atoms with E-state index < -0.39 is 0 Å². The van der Waals surface area contributed by atoms with E-state index >= 15 is 0 Å². The van der Waals surface area contributed by atoms with Gasteiger partial charge in [-0.3, -0.25) is 14.6 Å².